The third-order valence-electron chi connectivity index (χ3n) is 7.86. The SMILES string of the molecule is Cc1c(Cl)cccc1N[C@H](C)C(=O)N1[C@@H]2CC[C@H]([C@@H]1C(=O)N[C@H](C#N)C[C@@H]1CCCNC1=O)C(F)(F)C2. The van der Waals surface area contributed by atoms with Crippen LogP contribution >= 0.6 is 11.6 Å². The third-order valence-corrected chi connectivity index (χ3v) is 8.27. The van der Waals surface area contributed by atoms with Crippen LogP contribution in [0.4, 0.5) is 14.5 Å². The molecule has 5 rings (SSSR count). The average molecular weight is 536 g/mol. The Morgan fingerprint density at radius 3 is 2.76 bits per heavy atom. The predicted molar refractivity (Wildman–Crippen MR) is 134 cm³/mol. The van der Waals surface area contributed by atoms with Crippen molar-refractivity contribution in [3.63, 3.8) is 0 Å². The molecule has 3 amide bonds. The molecule has 1 aromatic carbocycles. The molecule has 0 spiro atoms. The predicted octanol–water partition coefficient (Wildman–Crippen LogP) is 3.39. The highest BCUT2D eigenvalue weighted by Crippen LogP contribution is 2.49. The molecule has 4 aliphatic rings. The summed E-state index contributed by atoms with van der Waals surface area (Å²) < 4.78 is 29.9. The van der Waals surface area contributed by atoms with E-state index in [0.29, 0.717) is 30.1 Å². The average Bonchev–Trinajstić information content (AvgIpc) is 2.86. The van der Waals surface area contributed by atoms with Crippen LogP contribution in [-0.2, 0) is 14.4 Å². The zero-order valence-corrected chi connectivity index (χ0v) is 21.7. The van der Waals surface area contributed by atoms with E-state index in [1.54, 1.807) is 32.0 Å². The highest BCUT2D eigenvalue weighted by molar-refractivity contribution is 6.31. The van der Waals surface area contributed by atoms with E-state index in [1.807, 2.05) is 6.07 Å². The Kier molecular flexibility index (Phi) is 7.93. The Hall–Kier alpha value is -2.93. The van der Waals surface area contributed by atoms with E-state index < -0.39 is 60.2 Å². The summed E-state index contributed by atoms with van der Waals surface area (Å²) in [5, 5.41) is 18.6. The van der Waals surface area contributed by atoms with Crippen LogP contribution in [0.5, 0.6) is 0 Å². The minimum absolute atomic E-state index is 0.0885. The largest absolute Gasteiger partial charge is 0.374 e. The first-order valence-electron chi connectivity index (χ1n) is 12.7. The van der Waals surface area contributed by atoms with E-state index in [2.05, 4.69) is 16.0 Å². The van der Waals surface area contributed by atoms with Gasteiger partial charge in [-0.15, -0.1) is 0 Å². The fourth-order valence-electron chi connectivity index (χ4n) is 5.85. The van der Waals surface area contributed by atoms with Crippen molar-refractivity contribution in [3.8, 4) is 6.07 Å². The van der Waals surface area contributed by atoms with Crippen LogP contribution in [0.2, 0.25) is 5.02 Å². The molecule has 4 fully saturated rings. The molecule has 1 aromatic rings. The molecule has 0 unspecified atom stereocenters. The topological polar surface area (TPSA) is 114 Å². The van der Waals surface area contributed by atoms with Gasteiger partial charge >= 0.3 is 0 Å². The van der Waals surface area contributed by atoms with Gasteiger partial charge in [-0.05, 0) is 63.6 Å². The number of hydrogen-bond acceptors (Lipinski definition) is 5. The molecule has 1 saturated carbocycles. The molecule has 8 nitrogen and oxygen atoms in total. The van der Waals surface area contributed by atoms with E-state index in [0.717, 1.165) is 12.0 Å². The lowest BCUT2D eigenvalue weighted by atomic mass is 9.71. The molecule has 11 heteroatoms. The number of halogens is 3. The van der Waals surface area contributed by atoms with Gasteiger partial charge in [-0.25, -0.2) is 8.78 Å². The second kappa shape index (κ2) is 10.8. The maximum Gasteiger partial charge on any atom is 0.255 e. The van der Waals surface area contributed by atoms with Gasteiger partial charge in [0.25, 0.3) is 5.92 Å². The van der Waals surface area contributed by atoms with Gasteiger partial charge in [0, 0.05) is 35.6 Å². The standard InChI is InChI=1S/C26H32ClF2N5O3/c1-14-20(27)6-3-7-21(14)32-15(2)25(37)34-18-8-9-19(26(28,29)12-18)22(34)24(36)33-17(13-30)11-16-5-4-10-31-23(16)35/h3,6-7,15-19,22,32H,4-5,8-12H2,1-2H3,(H,31,35)(H,33,36)/t15-,16+,17+,18-,19-,22-/m1/s1. The van der Waals surface area contributed by atoms with Crippen molar-refractivity contribution in [1.82, 2.24) is 15.5 Å². The summed E-state index contributed by atoms with van der Waals surface area (Å²) in [6.07, 6.45) is 1.42. The van der Waals surface area contributed by atoms with Crippen LogP contribution in [0, 0.1) is 30.1 Å². The lowest BCUT2D eigenvalue weighted by molar-refractivity contribution is -0.194. The van der Waals surface area contributed by atoms with Crippen molar-refractivity contribution in [3.05, 3.63) is 28.8 Å². The molecular weight excluding hydrogens is 504 g/mol. The van der Waals surface area contributed by atoms with Crippen LogP contribution < -0.4 is 16.0 Å². The van der Waals surface area contributed by atoms with Crippen LogP contribution in [0.15, 0.2) is 18.2 Å². The van der Waals surface area contributed by atoms with E-state index >= 15 is 0 Å². The van der Waals surface area contributed by atoms with E-state index in [-0.39, 0.29) is 18.7 Å². The Morgan fingerprint density at radius 1 is 1.32 bits per heavy atom. The first kappa shape index (κ1) is 27.1. The maximum absolute atomic E-state index is 15.0. The molecule has 3 saturated heterocycles. The van der Waals surface area contributed by atoms with E-state index in [1.165, 1.54) is 4.90 Å². The Balaban J connectivity index is 1.54. The number of nitriles is 1. The van der Waals surface area contributed by atoms with Gasteiger partial charge in [0.15, 0.2) is 0 Å². The second-order valence-corrected chi connectivity index (χ2v) is 10.7. The number of fused-ring (bicyclic) bond motifs is 3. The summed E-state index contributed by atoms with van der Waals surface area (Å²) in [7, 11) is 0. The van der Waals surface area contributed by atoms with Gasteiger partial charge in [0.1, 0.15) is 18.1 Å². The molecule has 3 aliphatic heterocycles. The number of piperidine rings is 3. The fraction of sp³-hybridized carbons (Fsp3) is 0.615. The van der Waals surface area contributed by atoms with Crippen molar-refractivity contribution in [1.29, 1.82) is 5.26 Å². The molecular formula is C26H32ClF2N5O3. The Morgan fingerprint density at radius 2 is 2.08 bits per heavy atom. The van der Waals surface area contributed by atoms with Gasteiger partial charge in [-0.1, -0.05) is 17.7 Å². The minimum Gasteiger partial charge on any atom is -0.374 e. The van der Waals surface area contributed by atoms with Crippen LogP contribution in [0.3, 0.4) is 0 Å². The number of rotatable bonds is 7. The lowest BCUT2D eigenvalue weighted by Gasteiger charge is -2.54. The van der Waals surface area contributed by atoms with Crippen molar-refractivity contribution >= 4 is 35.0 Å². The summed E-state index contributed by atoms with van der Waals surface area (Å²) in [5.41, 5.74) is 1.38. The zero-order chi connectivity index (χ0) is 26.9. The Labute approximate surface area is 220 Å². The van der Waals surface area contributed by atoms with Gasteiger partial charge in [0.05, 0.1) is 12.0 Å². The first-order chi connectivity index (χ1) is 17.5. The zero-order valence-electron chi connectivity index (χ0n) is 20.9. The van der Waals surface area contributed by atoms with Crippen molar-refractivity contribution in [2.24, 2.45) is 11.8 Å². The summed E-state index contributed by atoms with van der Waals surface area (Å²) in [4.78, 5) is 40.5. The van der Waals surface area contributed by atoms with Crippen LogP contribution in [0.25, 0.3) is 0 Å². The Bertz CT molecular complexity index is 1110. The summed E-state index contributed by atoms with van der Waals surface area (Å²) in [6.45, 7) is 3.99. The second-order valence-electron chi connectivity index (χ2n) is 10.3. The molecule has 6 atom stereocenters. The normalized spacial score (nSPS) is 28.0. The highest BCUT2D eigenvalue weighted by Gasteiger charge is 2.60. The molecule has 3 heterocycles. The number of carbonyl (C=O) groups excluding carboxylic acids is 3. The van der Waals surface area contributed by atoms with E-state index in [9.17, 15) is 28.4 Å². The summed E-state index contributed by atoms with van der Waals surface area (Å²) in [5.74, 6) is -6.32. The number of nitrogens with zero attached hydrogens (tertiary/aromatic N) is 2. The number of hydrogen-bond donors (Lipinski definition) is 3. The number of alkyl halides is 2. The van der Waals surface area contributed by atoms with Gasteiger partial charge in [-0.3, -0.25) is 14.4 Å². The van der Waals surface area contributed by atoms with E-state index in [4.69, 9.17) is 11.6 Å². The molecule has 0 radical (unpaired) electrons. The third kappa shape index (κ3) is 5.52. The summed E-state index contributed by atoms with van der Waals surface area (Å²) >= 11 is 6.19. The van der Waals surface area contributed by atoms with Crippen molar-refractivity contribution in [2.75, 3.05) is 11.9 Å². The first-order valence-corrected chi connectivity index (χ1v) is 13.1. The monoisotopic (exact) mass is 535 g/mol. The molecule has 0 aromatic heterocycles. The number of nitrogens with one attached hydrogen (secondary N) is 3. The number of carbonyl (C=O) groups is 3. The number of benzene rings is 1. The minimum atomic E-state index is -3.10. The lowest BCUT2D eigenvalue weighted by Crippen LogP contribution is -2.70. The number of anilines is 1. The quantitative estimate of drug-likeness (QED) is 0.495. The van der Waals surface area contributed by atoms with Gasteiger partial charge in [0.2, 0.25) is 17.7 Å². The van der Waals surface area contributed by atoms with Gasteiger partial charge in [-0.2, -0.15) is 5.26 Å². The maximum atomic E-state index is 15.0. The smallest absolute Gasteiger partial charge is 0.255 e. The molecule has 1 aliphatic carbocycles. The number of amides is 3. The molecule has 3 N–H and O–H groups in total. The van der Waals surface area contributed by atoms with Crippen molar-refractivity contribution in [2.45, 2.75) is 82.5 Å². The van der Waals surface area contributed by atoms with Gasteiger partial charge < -0.3 is 20.9 Å². The van der Waals surface area contributed by atoms with Crippen LogP contribution in [0.1, 0.15) is 51.0 Å². The van der Waals surface area contributed by atoms with Crippen LogP contribution in [-0.4, -0.2) is 59.3 Å². The molecule has 2 bridgehead atoms. The fourth-order valence-corrected chi connectivity index (χ4v) is 6.03. The highest BCUT2D eigenvalue weighted by atomic mass is 35.5. The molecule has 200 valence electrons. The molecule has 37 heavy (non-hydrogen) atoms. The van der Waals surface area contributed by atoms with Crippen molar-refractivity contribution < 1.29 is 23.2 Å². The summed E-state index contributed by atoms with van der Waals surface area (Å²) in [6, 6.07) is 3.18.